The molecule has 0 aromatic rings. The Morgan fingerprint density at radius 3 is 3.00 bits per heavy atom. The van der Waals surface area contributed by atoms with E-state index in [0.29, 0.717) is 25.6 Å². The van der Waals surface area contributed by atoms with Crippen LogP contribution in [-0.2, 0) is 9.09 Å². The largest absolute Gasteiger partial charge is 0.389 e. The van der Waals surface area contributed by atoms with E-state index in [4.69, 9.17) is 27.7 Å². The normalized spacial score (nSPS) is 29.9. The second kappa shape index (κ2) is 6.09. The summed E-state index contributed by atoms with van der Waals surface area (Å²) in [7, 11) is -3.02. The molecule has 1 saturated heterocycles. The number of alkyl halides is 2. The molecule has 1 heterocycles. The van der Waals surface area contributed by atoms with Crippen molar-refractivity contribution in [1.29, 1.82) is 0 Å². The molecular formula is C7H13Cl2N2O2P. The highest BCUT2D eigenvalue weighted by Crippen LogP contribution is 2.54. The molecule has 4 nitrogen and oxygen atoms in total. The Hall–Kier alpha value is 0.400. The fraction of sp³-hybridized carbons (Fsp3) is 0.857. The van der Waals surface area contributed by atoms with Gasteiger partial charge in [0.05, 0.1) is 12.5 Å². The molecule has 14 heavy (non-hydrogen) atoms. The summed E-state index contributed by atoms with van der Waals surface area (Å²) in [5, 5.41) is 0. The van der Waals surface area contributed by atoms with Crippen molar-refractivity contribution in [2.75, 3.05) is 31.5 Å². The molecule has 0 aromatic heterocycles. The van der Waals surface area contributed by atoms with Gasteiger partial charge in [0.2, 0.25) is 0 Å². The lowest BCUT2D eigenvalue weighted by Crippen LogP contribution is -2.29. The maximum Gasteiger partial charge on any atom is 0.389 e. The van der Waals surface area contributed by atoms with Gasteiger partial charge in [-0.3, -0.25) is 0 Å². The van der Waals surface area contributed by atoms with Crippen LogP contribution >= 0.6 is 30.9 Å². The molecule has 1 fully saturated rings. The zero-order valence-corrected chi connectivity index (χ0v) is 10.1. The molecule has 82 valence electrons. The molecule has 7 heteroatoms. The third-order valence-corrected chi connectivity index (χ3v) is 4.21. The molecule has 0 spiro atoms. The second-order valence-corrected chi connectivity index (χ2v) is 5.49. The summed E-state index contributed by atoms with van der Waals surface area (Å²) in [6, 6.07) is 0. The molecule has 0 N–H and O–H groups in total. The van der Waals surface area contributed by atoms with Crippen LogP contribution < -0.4 is 0 Å². The first-order chi connectivity index (χ1) is 6.73. The number of hydrogen-bond donors (Lipinski definition) is 0. The van der Waals surface area contributed by atoms with E-state index in [2.05, 4.69) is 4.76 Å². The van der Waals surface area contributed by atoms with Crippen LogP contribution in [0, 0.1) is 0 Å². The van der Waals surface area contributed by atoms with Gasteiger partial charge < -0.3 is 4.52 Å². The Morgan fingerprint density at radius 1 is 1.57 bits per heavy atom. The van der Waals surface area contributed by atoms with Gasteiger partial charge in [-0.1, -0.05) is 0 Å². The van der Waals surface area contributed by atoms with Crippen LogP contribution in [-0.4, -0.2) is 42.3 Å². The van der Waals surface area contributed by atoms with Gasteiger partial charge in [0.25, 0.3) is 0 Å². The number of halogens is 2. The predicted molar refractivity (Wildman–Crippen MR) is 59.7 cm³/mol. The Labute approximate surface area is 93.8 Å². The minimum absolute atomic E-state index is 0.238. The maximum atomic E-state index is 12.1. The molecular weight excluding hydrogens is 246 g/mol. The molecule has 1 aliphatic heterocycles. The molecule has 1 unspecified atom stereocenters. The van der Waals surface area contributed by atoms with Crippen molar-refractivity contribution in [3.63, 3.8) is 0 Å². The zero-order valence-electron chi connectivity index (χ0n) is 7.73. The van der Waals surface area contributed by atoms with Crippen molar-refractivity contribution in [1.82, 2.24) is 4.67 Å². The van der Waals surface area contributed by atoms with Gasteiger partial charge in [-0.2, -0.15) is 0 Å². The molecule has 1 rings (SSSR count). The highest BCUT2D eigenvalue weighted by atomic mass is 35.5. The van der Waals surface area contributed by atoms with Crippen LogP contribution in [0.25, 0.3) is 0 Å². The smallest absolute Gasteiger partial charge is 0.300 e. The van der Waals surface area contributed by atoms with Gasteiger partial charge in [0.1, 0.15) is 0 Å². The molecule has 0 amide bonds. The Kier molecular flexibility index (Phi) is 5.42. The average Bonchev–Trinajstić information content (AvgIpc) is 2.19. The molecule has 0 bridgehead atoms. The fourth-order valence-corrected chi connectivity index (χ4v) is 3.48. The van der Waals surface area contributed by atoms with E-state index < -0.39 is 7.67 Å². The highest BCUT2D eigenvalue weighted by molar-refractivity contribution is 7.55. The Morgan fingerprint density at radius 2 is 2.36 bits per heavy atom. The van der Waals surface area contributed by atoms with Crippen molar-refractivity contribution in [2.24, 2.45) is 4.76 Å². The van der Waals surface area contributed by atoms with E-state index >= 15 is 0 Å². The van der Waals surface area contributed by atoms with Crippen molar-refractivity contribution in [3.8, 4) is 0 Å². The SMILES string of the molecule is O=P1(/N=C/CCl)OCCCN1CCCl. The second-order valence-electron chi connectivity index (χ2n) is 2.77. The van der Waals surface area contributed by atoms with Crippen molar-refractivity contribution in [2.45, 2.75) is 6.42 Å². The summed E-state index contributed by atoms with van der Waals surface area (Å²) in [6.45, 7) is 1.72. The lowest BCUT2D eigenvalue weighted by atomic mass is 10.4. The van der Waals surface area contributed by atoms with Gasteiger partial charge in [0, 0.05) is 25.2 Å². The van der Waals surface area contributed by atoms with Crippen molar-refractivity contribution < 1.29 is 9.09 Å². The summed E-state index contributed by atoms with van der Waals surface area (Å²) in [6.07, 6.45) is 2.27. The van der Waals surface area contributed by atoms with Gasteiger partial charge in [-0.25, -0.2) is 14.0 Å². The van der Waals surface area contributed by atoms with Gasteiger partial charge in [0.15, 0.2) is 0 Å². The maximum absolute atomic E-state index is 12.1. The summed E-state index contributed by atoms with van der Waals surface area (Å²) in [5.41, 5.74) is 0. The van der Waals surface area contributed by atoms with E-state index in [9.17, 15) is 4.57 Å². The van der Waals surface area contributed by atoms with Crippen LogP contribution in [0.3, 0.4) is 0 Å². The summed E-state index contributed by atoms with van der Waals surface area (Å²) in [5.74, 6) is 0.659. The number of nitrogens with zero attached hydrogens (tertiary/aromatic N) is 2. The van der Waals surface area contributed by atoms with Gasteiger partial charge in [-0.15, -0.1) is 23.2 Å². The van der Waals surface area contributed by atoms with E-state index in [0.717, 1.165) is 6.42 Å². The van der Waals surface area contributed by atoms with Crippen LogP contribution in [0.5, 0.6) is 0 Å². The fourth-order valence-electron chi connectivity index (χ4n) is 1.21. The van der Waals surface area contributed by atoms with E-state index in [1.807, 2.05) is 0 Å². The Balaban J connectivity index is 2.69. The van der Waals surface area contributed by atoms with Crippen LogP contribution in [0.1, 0.15) is 6.42 Å². The Bertz CT molecular complexity index is 248. The van der Waals surface area contributed by atoms with E-state index in [1.54, 1.807) is 4.67 Å². The first-order valence-electron chi connectivity index (χ1n) is 4.39. The first kappa shape index (κ1) is 12.5. The molecule has 1 aliphatic rings. The lowest BCUT2D eigenvalue weighted by molar-refractivity contribution is 0.211. The van der Waals surface area contributed by atoms with Crippen molar-refractivity contribution >= 4 is 37.1 Å². The quantitative estimate of drug-likeness (QED) is 0.442. The monoisotopic (exact) mass is 258 g/mol. The predicted octanol–water partition coefficient (Wildman–Crippen LogP) is 2.37. The molecule has 0 saturated carbocycles. The zero-order chi connectivity index (χ0) is 10.4. The lowest BCUT2D eigenvalue weighted by Gasteiger charge is -2.31. The summed E-state index contributed by atoms with van der Waals surface area (Å²) in [4.78, 5) is 0. The molecule has 0 aromatic carbocycles. The topological polar surface area (TPSA) is 41.9 Å². The molecule has 0 aliphatic carbocycles. The molecule has 1 atom stereocenters. The average molecular weight is 259 g/mol. The standard InChI is InChI=1S/C7H13Cl2N2O2P/c8-2-4-10-14(12)11(6-3-9)5-1-7-13-14/h4H,1-3,5-7H2/b10-4+. The molecule has 0 radical (unpaired) electrons. The minimum Gasteiger partial charge on any atom is -0.300 e. The number of rotatable bonds is 4. The van der Waals surface area contributed by atoms with Gasteiger partial charge in [-0.05, 0) is 6.42 Å². The van der Waals surface area contributed by atoms with Crippen molar-refractivity contribution in [3.05, 3.63) is 0 Å². The first-order valence-corrected chi connectivity index (χ1v) is 6.99. The number of hydrogen-bond acceptors (Lipinski definition) is 2. The van der Waals surface area contributed by atoms with Crippen LogP contribution in [0.4, 0.5) is 0 Å². The summed E-state index contributed by atoms with van der Waals surface area (Å²) < 4.78 is 22.9. The third-order valence-electron chi connectivity index (χ3n) is 1.82. The van der Waals surface area contributed by atoms with Crippen LogP contribution in [0.15, 0.2) is 4.76 Å². The summed E-state index contributed by atoms with van der Waals surface area (Å²) >= 11 is 11.0. The minimum atomic E-state index is -3.02. The van der Waals surface area contributed by atoms with Crippen LogP contribution in [0.2, 0.25) is 0 Å². The van der Waals surface area contributed by atoms with E-state index in [1.165, 1.54) is 6.21 Å². The van der Waals surface area contributed by atoms with Gasteiger partial charge >= 0.3 is 7.67 Å². The van der Waals surface area contributed by atoms with E-state index in [-0.39, 0.29) is 5.88 Å². The highest BCUT2D eigenvalue weighted by Gasteiger charge is 2.33. The third kappa shape index (κ3) is 3.21.